The number of amides is 1. The van der Waals surface area contributed by atoms with E-state index in [1.165, 1.54) is 5.38 Å². The van der Waals surface area contributed by atoms with Crippen LogP contribution in [0.25, 0.3) is 0 Å². The monoisotopic (exact) mass is 413 g/mol. The maximum atomic E-state index is 12.4. The number of thioether (sulfide) groups is 1. The second-order valence-corrected chi connectivity index (χ2v) is 7.10. The molecule has 0 aliphatic carbocycles. The van der Waals surface area contributed by atoms with E-state index in [1.54, 1.807) is 13.0 Å². The Hall–Kier alpha value is -2.93. The number of nitrogens with zero attached hydrogens (tertiary/aromatic N) is 3. The number of thiazole rings is 1. The molecule has 0 saturated heterocycles. The molecule has 0 unspecified atom stereocenters. The van der Waals surface area contributed by atoms with Crippen molar-refractivity contribution in [2.45, 2.75) is 18.3 Å². The maximum absolute atomic E-state index is 12.4. The largest absolute Gasteiger partial charge is 0.480 e. The highest BCUT2D eigenvalue weighted by Crippen LogP contribution is 2.26. The Morgan fingerprint density at radius 2 is 2.15 bits per heavy atom. The normalized spacial score (nSPS) is 20.0. The Labute approximate surface area is 160 Å². The summed E-state index contributed by atoms with van der Waals surface area (Å²) in [5.74, 6) is -3.51. The van der Waals surface area contributed by atoms with Crippen LogP contribution in [0.15, 0.2) is 27.2 Å². The molecule has 0 bridgehead atoms. The molecule has 0 spiro atoms. The lowest BCUT2D eigenvalue weighted by Gasteiger charge is -2.26. The molecule has 27 heavy (non-hydrogen) atoms. The number of allylic oxidation sites excluding steroid dienone is 1. The molecule has 13 heteroatoms. The summed E-state index contributed by atoms with van der Waals surface area (Å²) in [5.41, 5.74) is 5.12. The number of nitrogens with one attached hydrogen (secondary N) is 1. The van der Waals surface area contributed by atoms with E-state index >= 15 is 0 Å². The molecule has 2 rings (SSSR count). The summed E-state index contributed by atoms with van der Waals surface area (Å²) in [4.78, 5) is 43.1. The number of oxime groups is 1. The Balaban J connectivity index is 2.28. The van der Waals surface area contributed by atoms with Crippen LogP contribution in [0.1, 0.15) is 12.6 Å². The van der Waals surface area contributed by atoms with Gasteiger partial charge in [-0.15, -0.1) is 23.1 Å². The van der Waals surface area contributed by atoms with Crippen molar-refractivity contribution in [1.29, 1.82) is 0 Å². The van der Waals surface area contributed by atoms with Crippen molar-refractivity contribution in [2.75, 3.05) is 11.5 Å². The van der Waals surface area contributed by atoms with E-state index < -0.39 is 35.0 Å². The van der Waals surface area contributed by atoms with Crippen LogP contribution in [0.2, 0.25) is 0 Å². The zero-order valence-corrected chi connectivity index (χ0v) is 15.5. The van der Waals surface area contributed by atoms with Crippen molar-refractivity contribution in [3.63, 3.8) is 0 Å². The van der Waals surface area contributed by atoms with Crippen molar-refractivity contribution < 1.29 is 29.8 Å². The van der Waals surface area contributed by atoms with Crippen molar-refractivity contribution in [3.8, 4) is 0 Å². The molecule has 11 nitrogen and oxygen atoms in total. The third-order valence-electron chi connectivity index (χ3n) is 3.44. The number of nitrogens with two attached hydrogens (primary N) is 1. The van der Waals surface area contributed by atoms with Crippen LogP contribution < -0.4 is 11.1 Å². The van der Waals surface area contributed by atoms with E-state index in [4.69, 9.17) is 10.9 Å². The van der Waals surface area contributed by atoms with E-state index in [-0.39, 0.29) is 22.3 Å². The minimum Gasteiger partial charge on any atom is -0.480 e. The molecule has 0 fully saturated rings. The summed E-state index contributed by atoms with van der Waals surface area (Å²) in [6, 6.07) is -1.55. The number of hydrogen-bond donors (Lipinski definition) is 5. The fourth-order valence-corrected chi connectivity index (χ4v) is 3.91. The number of aliphatic imine (C=N–C) groups is 1. The highest BCUT2D eigenvalue weighted by atomic mass is 32.2. The quantitative estimate of drug-likeness (QED) is 0.243. The number of carboxylic acid groups (broad SMARTS) is 2. The lowest BCUT2D eigenvalue weighted by atomic mass is 10.1. The Morgan fingerprint density at radius 1 is 1.44 bits per heavy atom. The molecular formula is C14H15N5O6S2. The number of carbonyl (C=O) groups is 3. The smallest absolute Gasteiger partial charge is 0.354 e. The molecule has 2 atom stereocenters. The van der Waals surface area contributed by atoms with E-state index in [0.29, 0.717) is 5.57 Å². The molecule has 1 aromatic rings. The van der Waals surface area contributed by atoms with Gasteiger partial charge in [0.15, 0.2) is 16.9 Å². The first kappa shape index (κ1) is 20.4. The number of hydrogen-bond acceptors (Lipinski definition) is 10. The fourth-order valence-electron chi connectivity index (χ4n) is 2.15. The molecular weight excluding hydrogens is 398 g/mol. The molecule has 0 aromatic carbocycles. The summed E-state index contributed by atoms with van der Waals surface area (Å²) in [6.45, 7) is 1.65. The average Bonchev–Trinajstić information content (AvgIpc) is 3.05. The average molecular weight is 413 g/mol. The van der Waals surface area contributed by atoms with Crippen LogP contribution in [-0.2, 0) is 14.4 Å². The second-order valence-electron chi connectivity index (χ2n) is 5.11. The number of nitrogen functional groups attached to an aromatic ring is 1. The zero-order chi connectivity index (χ0) is 20.1. The zero-order valence-electron chi connectivity index (χ0n) is 13.8. The number of carboxylic acids is 2. The Morgan fingerprint density at radius 3 is 2.63 bits per heavy atom. The number of aromatic nitrogens is 1. The van der Waals surface area contributed by atoms with Crippen molar-refractivity contribution >= 4 is 57.5 Å². The van der Waals surface area contributed by atoms with Crippen LogP contribution >= 0.6 is 23.1 Å². The van der Waals surface area contributed by atoms with E-state index in [1.807, 2.05) is 0 Å². The third kappa shape index (κ3) is 4.62. The molecule has 1 aliphatic rings. The fraction of sp³-hybridized carbons (Fsp3) is 0.286. The topological polar surface area (TPSA) is 188 Å². The van der Waals surface area contributed by atoms with E-state index in [2.05, 4.69) is 20.4 Å². The highest BCUT2D eigenvalue weighted by Gasteiger charge is 2.36. The number of rotatable bonds is 6. The SMILES string of the molecule is C/C=C1\CS[C@H]([C@H](NC(=O)/C(=N\O)c2csc(N)n2)C(=O)O)N=C1C(=O)O. The van der Waals surface area contributed by atoms with Crippen LogP contribution in [0, 0.1) is 0 Å². The van der Waals surface area contributed by atoms with Gasteiger partial charge in [0.2, 0.25) is 0 Å². The molecule has 0 saturated carbocycles. The Bertz CT molecular complexity index is 862. The van der Waals surface area contributed by atoms with Gasteiger partial charge in [-0.2, -0.15) is 0 Å². The van der Waals surface area contributed by atoms with Crippen LogP contribution in [0.3, 0.4) is 0 Å². The first-order valence-corrected chi connectivity index (χ1v) is 9.26. The second kappa shape index (κ2) is 8.64. The van der Waals surface area contributed by atoms with Crippen molar-refractivity contribution in [3.05, 3.63) is 22.7 Å². The van der Waals surface area contributed by atoms with E-state index in [9.17, 15) is 24.6 Å². The lowest BCUT2D eigenvalue weighted by molar-refractivity contribution is -0.141. The molecule has 1 amide bonds. The summed E-state index contributed by atoms with van der Waals surface area (Å²) >= 11 is 2.07. The predicted octanol–water partition coefficient (Wildman–Crippen LogP) is 0.0178. The summed E-state index contributed by atoms with van der Waals surface area (Å²) in [5, 5.41) is 33.3. The van der Waals surface area contributed by atoms with Gasteiger partial charge >= 0.3 is 11.9 Å². The van der Waals surface area contributed by atoms with Crippen LogP contribution in [0.5, 0.6) is 0 Å². The molecule has 144 valence electrons. The molecule has 6 N–H and O–H groups in total. The molecule has 2 heterocycles. The van der Waals surface area contributed by atoms with Gasteiger partial charge < -0.3 is 26.5 Å². The highest BCUT2D eigenvalue weighted by molar-refractivity contribution is 8.00. The van der Waals surface area contributed by atoms with Crippen molar-refractivity contribution in [2.24, 2.45) is 10.1 Å². The lowest BCUT2D eigenvalue weighted by Crippen LogP contribution is -2.50. The number of carbonyl (C=O) groups excluding carboxylic acids is 1. The van der Waals surface area contributed by atoms with Crippen LogP contribution in [-0.4, -0.2) is 66.8 Å². The molecule has 1 aliphatic heterocycles. The third-order valence-corrected chi connectivity index (χ3v) is 5.31. The van der Waals surface area contributed by atoms with Crippen molar-refractivity contribution in [1.82, 2.24) is 10.3 Å². The van der Waals surface area contributed by atoms with E-state index in [0.717, 1.165) is 23.1 Å². The van der Waals surface area contributed by atoms with Gasteiger partial charge in [0.05, 0.1) is 0 Å². The van der Waals surface area contributed by atoms with Crippen LogP contribution in [0.4, 0.5) is 5.13 Å². The van der Waals surface area contributed by atoms with Gasteiger partial charge in [-0.3, -0.25) is 9.79 Å². The minimum absolute atomic E-state index is 0.0242. The number of anilines is 1. The first-order valence-electron chi connectivity index (χ1n) is 7.33. The van der Waals surface area contributed by atoms with Gasteiger partial charge in [-0.25, -0.2) is 14.6 Å². The van der Waals surface area contributed by atoms with Gasteiger partial charge in [-0.05, 0) is 12.5 Å². The Kier molecular flexibility index (Phi) is 6.52. The molecule has 0 radical (unpaired) electrons. The predicted molar refractivity (Wildman–Crippen MR) is 99.5 cm³/mol. The standard InChI is InChI=1S/C14H15N5O6S2/c1-2-5-3-26-11(18-7(5)12(21)22)9(13(23)24)17-10(20)8(19-25)6-4-27-14(15)16-6/h2,4,9,11,25H,3H2,1H3,(H2,15,16)(H,17,20)(H,21,22)(H,23,24)/b5-2+,19-8-/t9-,11+/m0/s1. The summed E-state index contributed by atoms with van der Waals surface area (Å²) in [6.07, 6.45) is 1.58. The maximum Gasteiger partial charge on any atom is 0.354 e. The van der Waals surface area contributed by atoms with Gasteiger partial charge in [0.1, 0.15) is 16.8 Å². The van der Waals surface area contributed by atoms with Gasteiger partial charge in [-0.1, -0.05) is 11.2 Å². The summed E-state index contributed by atoms with van der Waals surface area (Å²) < 4.78 is 0. The van der Waals surface area contributed by atoms with Gasteiger partial charge in [0, 0.05) is 11.1 Å². The first-order chi connectivity index (χ1) is 12.8. The van der Waals surface area contributed by atoms with Gasteiger partial charge in [0.25, 0.3) is 5.91 Å². The summed E-state index contributed by atoms with van der Waals surface area (Å²) in [7, 11) is 0. The molecule has 1 aromatic heterocycles. The number of aliphatic carboxylic acids is 2. The minimum atomic E-state index is -1.55.